The highest BCUT2D eigenvalue weighted by atomic mass is 16.7. The largest absolute Gasteiger partial charge is 0.347 e. The molecular formula is C16H27N3O2. The molecule has 1 saturated heterocycles. The molecule has 2 fully saturated rings. The smallest absolute Gasteiger partial charge is 0.170 e. The van der Waals surface area contributed by atoms with Crippen molar-refractivity contribution in [1.82, 2.24) is 14.9 Å². The number of nitrogens with zero attached hydrogens (tertiary/aromatic N) is 2. The zero-order valence-corrected chi connectivity index (χ0v) is 13.3. The minimum atomic E-state index is -0.366. The van der Waals surface area contributed by atoms with Crippen molar-refractivity contribution in [1.29, 1.82) is 0 Å². The van der Waals surface area contributed by atoms with Gasteiger partial charge in [-0.2, -0.15) is 0 Å². The number of hydrogen-bond donors (Lipinski definition) is 1. The molecule has 2 heterocycles. The zero-order chi connectivity index (χ0) is 14.9. The summed E-state index contributed by atoms with van der Waals surface area (Å²) in [5.74, 6) is 1.21. The molecule has 5 heteroatoms. The van der Waals surface area contributed by atoms with Crippen LogP contribution in [0, 0.1) is 0 Å². The molecule has 21 heavy (non-hydrogen) atoms. The summed E-state index contributed by atoms with van der Waals surface area (Å²) >= 11 is 0. The average Bonchev–Trinajstić information content (AvgIpc) is 3.11. The van der Waals surface area contributed by atoms with Crippen LogP contribution in [0.15, 0.2) is 12.4 Å². The number of nitrogens with one attached hydrogen (secondary N) is 1. The van der Waals surface area contributed by atoms with Gasteiger partial charge in [0.2, 0.25) is 0 Å². The van der Waals surface area contributed by atoms with E-state index in [1.165, 1.54) is 0 Å². The summed E-state index contributed by atoms with van der Waals surface area (Å²) in [6.07, 6.45) is 6.98. The molecule has 0 aromatic carbocycles. The zero-order valence-electron chi connectivity index (χ0n) is 13.3. The molecule has 1 aliphatic heterocycles. The molecule has 1 aliphatic carbocycles. The molecule has 2 atom stereocenters. The average molecular weight is 293 g/mol. The van der Waals surface area contributed by atoms with E-state index in [0.717, 1.165) is 44.8 Å². The molecule has 118 valence electrons. The lowest BCUT2D eigenvalue weighted by atomic mass is 9.85. The van der Waals surface area contributed by atoms with Crippen LogP contribution in [-0.2, 0) is 9.47 Å². The SMILES string of the molecule is CCNC1CCC2(CC1n1ccnc1C(C)C)OCCO2. The number of rotatable bonds is 4. The Morgan fingerprint density at radius 2 is 2.19 bits per heavy atom. The van der Waals surface area contributed by atoms with Crippen molar-refractivity contribution in [2.75, 3.05) is 19.8 Å². The van der Waals surface area contributed by atoms with Crippen molar-refractivity contribution in [2.45, 2.75) is 63.8 Å². The van der Waals surface area contributed by atoms with Crippen molar-refractivity contribution >= 4 is 0 Å². The third-order valence-corrected chi connectivity index (χ3v) is 4.67. The van der Waals surface area contributed by atoms with Crippen LogP contribution in [0.3, 0.4) is 0 Å². The number of ether oxygens (including phenoxy) is 2. The van der Waals surface area contributed by atoms with Crippen molar-refractivity contribution < 1.29 is 9.47 Å². The second-order valence-corrected chi connectivity index (χ2v) is 6.43. The summed E-state index contributed by atoms with van der Waals surface area (Å²) < 4.78 is 14.2. The maximum Gasteiger partial charge on any atom is 0.170 e. The lowest BCUT2D eigenvalue weighted by Crippen LogP contribution is -2.49. The Balaban J connectivity index is 1.88. The normalized spacial score (nSPS) is 28.6. The number of aromatic nitrogens is 2. The van der Waals surface area contributed by atoms with Crippen LogP contribution in [0.25, 0.3) is 0 Å². The first-order valence-corrected chi connectivity index (χ1v) is 8.19. The molecule has 5 nitrogen and oxygen atoms in total. The first-order valence-electron chi connectivity index (χ1n) is 8.19. The third kappa shape index (κ3) is 2.87. The predicted molar refractivity (Wildman–Crippen MR) is 81.3 cm³/mol. The van der Waals surface area contributed by atoms with Gasteiger partial charge in [-0.05, 0) is 13.0 Å². The second-order valence-electron chi connectivity index (χ2n) is 6.43. The minimum absolute atomic E-state index is 0.344. The molecule has 1 spiro atoms. The van der Waals surface area contributed by atoms with Crippen LogP contribution in [-0.4, -0.2) is 41.1 Å². The lowest BCUT2D eigenvalue weighted by Gasteiger charge is -2.42. The number of likely N-dealkylation sites (N-methyl/N-ethyl adjacent to an activating group) is 1. The Labute approximate surface area is 127 Å². The molecule has 0 bridgehead atoms. The van der Waals surface area contributed by atoms with Gasteiger partial charge in [-0.15, -0.1) is 0 Å². The third-order valence-electron chi connectivity index (χ3n) is 4.67. The maximum atomic E-state index is 5.95. The van der Waals surface area contributed by atoms with Gasteiger partial charge in [-0.1, -0.05) is 20.8 Å². The first kappa shape index (κ1) is 15.0. The highest BCUT2D eigenvalue weighted by Gasteiger charge is 2.45. The van der Waals surface area contributed by atoms with E-state index >= 15 is 0 Å². The maximum absolute atomic E-state index is 5.95. The molecular weight excluding hydrogens is 266 g/mol. The van der Waals surface area contributed by atoms with Gasteiger partial charge in [-0.25, -0.2) is 4.98 Å². The summed E-state index contributed by atoms with van der Waals surface area (Å²) in [7, 11) is 0. The summed E-state index contributed by atoms with van der Waals surface area (Å²) in [4.78, 5) is 4.55. The molecule has 1 N–H and O–H groups in total. The predicted octanol–water partition coefficient (Wildman–Crippen LogP) is 2.45. The highest BCUT2D eigenvalue weighted by Crippen LogP contribution is 2.41. The van der Waals surface area contributed by atoms with Crippen LogP contribution >= 0.6 is 0 Å². The van der Waals surface area contributed by atoms with Gasteiger partial charge in [0.15, 0.2) is 5.79 Å². The van der Waals surface area contributed by atoms with E-state index in [1.54, 1.807) is 0 Å². The minimum Gasteiger partial charge on any atom is -0.347 e. The van der Waals surface area contributed by atoms with E-state index in [0.29, 0.717) is 18.0 Å². The first-order chi connectivity index (χ1) is 10.2. The van der Waals surface area contributed by atoms with Gasteiger partial charge < -0.3 is 19.4 Å². The van der Waals surface area contributed by atoms with Gasteiger partial charge >= 0.3 is 0 Å². The number of hydrogen-bond acceptors (Lipinski definition) is 4. The summed E-state index contributed by atoms with van der Waals surface area (Å²) in [5.41, 5.74) is 0. The van der Waals surface area contributed by atoms with Gasteiger partial charge in [0, 0.05) is 37.2 Å². The molecule has 2 unspecified atom stereocenters. The lowest BCUT2D eigenvalue weighted by molar-refractivity contribution is -0.188. The summed E-state index contributed by atoms with van der Waals surface area (Å²) in [6, 6.07) is 0.803. The Bertz CT molecular complexity index is 466. The molecule has 1 aromatic rings. The topological polar surface area (TPSA) is 48.3 Å². The van der Waals surface area contributed by atoms with E-state index in [1.807, 2.05) is 6.20 Å². The van der Waals surface area contributed by atoms with Gasteiger partial charge in [0.05, 0.1) is 19.3 Å². The van der Waals surface area contributed by atoms with E-state index in [-0.39, 0.29) is 5.79 Å². The Kier molecular flexibility index (Phi) is 4.33. The Hall–Kier alpha value is -0.910. The van der Waals surface area contributed by atoms with E-state index in [9.17, 15) is 0 Å². The van der Waals surface area contributed by atoms with E-state index in [4.69, 9.17) is 9.47 Å². The van der Waals surface area contributed by atoms with Crippen LogP contribution in [0.1, 0.15) is 57.8 Å². The molecule has 0 radical (unpaired) electrons. The molecule has 1 saturated carbocycles. The van der Waals surface area contributed by atoms with Crippen molar-refractivity contribution in [3.8, 4) is 0 Å². The fraction of sp³-hybridized carbons (Fsp3) is 0.812. The Morgan fingerprint density at radius 1 is 1.43 bits per heavy atom. The number of imidazole rings is 1. The summed E-state index contributed by atoms with van der Waals surface area (Å²) in [6.45, 7) is 8.99. The van der Waals surface area contributed by atoms with Crippen LogP contribution in [0.5, 0.6) is 0 Å². The van der Waals surface area contributed by atoms with Gasteiger partial charge in [0.25, 0.3) is 0 Å². The quantitative estimate of drug-likeness (QED) is 0.926. The highest BCUT2D eigenvalue weighted by molar-refractivity contribution is 5.05. The molecule has 2 aliphatic rings. The van der Waals surface area contributed by atoms with Crippen molar-refractivity contribution in [2.24, 2.45) is 0 Å². The van der Waals surface area contributed by atoms with Gasteiger partial charge in [0.1, 0.15) is 5.82 Å². The molecule has 1 aromatic heterocycles. The fourth-order valence-corrected chi connectivity index (χ4v) is 3.73. The van der Waals surface area contributed by atoms with E-state index in [2.05, 4.69) is 41.8 Å². The second kappa shape index (κ2) is 6.07. The van der Waals surface area contributed by atoms with Crippen LogP contribution in [0.2, 0.25) is 0 Å². The van der Waals surface area contributed by atoms with Gasteiger partial charge in [-0.3, -0.25) is 0 Å². The Morgan fingerprint density at radius 3 is 2.86 bits per heavy atom. The molecule has 0 amide bonds. The molecule has 3 rings (SSSR count). The standard InChI is InChI=1S/C16H27N3O2/c1-4-17-13-5-6-16(20-9-10-21-16)11-14(13)19-8-7-18-15(19)12(2)3/h7-8,12-14,17H,4-6,9-11H2,1-3H3. The van der Waals surface area contributed by atoms with Crippen molar-refractivity contribution in [3.63, 3.8) is 0 Å². The monoisotopic (exact) mass is 293 g/mol. The van der Waals surface area contributed by atoms with Crippen LogP contribution in [0.4, 0.5) is 0 Å². The van der Waals surface area contributed by atoms with Crippen molar-refractivity contribution in [3.05, 3.63) is 18.2 Å². The fourth-order valence-electron chi connectivity index (χ4n) is 3.73. The van der Waals surface area contributed by atoms with E-state index < -0.39 is 0 Å². The van der Waals surface area contributed by atoms with Crippen LogP contribution < -0.4 is 5.32 Å². The summed E-state index contributed by atoms with van der Waals surface area (Å²) in [5, 5.41) is 3.64.